The van der Waals surface area contributed by atoms with E-state index in [2.05, 4.69) is 37.1 Å². The summed E-state index contributed by atoms with van der Waals surface area (Å²) in [6.45, 7) is 6.39. The molecule has 122 valence electrons. The van der Waals surface area contributed by atoms with Gasteiger partial charge in [-0.25, -0.2) is 4.79 Å². The fourth-order valence-electron chi connectivity index (χ4n) is 3.11. The summed E-state index contributed by atoms with van der Waals surface area (Å²) in [5.74, 6) is -0.408. The smallest absolute Gasteiger partial charge is 0.393 e. The van der Waals surface area contributed by atoms with Crippen molar-refractivity contribution in [1.82, 2.24) is 14.7 Å². The number of carbonyl (C=O) groups is 1. The van der Waals surface area contributed by atoms with E-state index in [0.717, 1.165) is 23.1 Å². The maximum atomic E-state index is 12.6. The van der Waals surface area contributed by atoms with E-state index in [0.29, 0.717) is 6.54 Å². The maximum Gasteiger partial charge on any atom is 0.437 e. The molecule has 0 N–H and O–H groups in total. The Labute approximate surface area is 134 Å². The summed E-state index contributed by atoms with van der Waals surface area (Å²) in [6, 6.07) is 6.41. The van der Waals surface area contributed by atoms with Crippen LogP contribution in [0.5, 0.6) is 0 Å². The van der Waals surface area contributed by atoms with Crippen LogP contribution in [-0.2, 0) is 11.3 Å². The summed E-state index contributed by atoms with van der Waals surface area (Å²) in [5.41, 5.74) is 3.63. The van der Waals surface area contributed by atoms with Crippen molar-refractivity contribution in [2.45, 2.75) is 46.2 Å². The minimum atomic E-state index is -0.585. The lowest BCUT2D eigenvalue weighted by Crippen LogP contribution is -2.35. The molecule has 0 spiro atoms. The summed E-state index contributed by atoms with van der Waals surface area (Å²) in [4.78, 5) is 26.0. The van der Waals surface area contributed by atoms with Crippen LogP contribution in [0.2, 0.25) is 0 Å². The Kier molecular flexibility index (Phi) is 4.07. The standard InChI is InChI=1S/C17H21N3O3/c1-11-6-7-14(9-12(11)2)15-5-4-8-19(15)16(21)10-20-17(22)23-13(3)18-20/h6-7,9,15H,4-5,8,10H2,1-3H3. The number of amides is 1. The molecule has 0 saturated carbocycles. The molecular formula is C17H21N3O3. The van der Waals surface area contributed by atoms with Crippen LogP contribution in [0.25, 0.3) is 0 Å². The summed E-state index contributed by atoms with van der Waals surface area (Å²) < 4.78 is 5.93. The average Bonchev–Trinajstić information content (AvgIpc) is 3.09. The van der Waals surface area contributed by atoms with E-state index in [1.165, 1.54) is 11.1 Å². The van der Waals surface area contributed by atoms with Crippen LogP contribution < -0.4 is 5.76 Å². The molecule has 2 heterocycles. The lowest BCUT2D eigenvalue weighted by atomic mass is 9.99. The molecule has 2 aromatic rings. The lowest BCUT2D eigenvalue weighted by Gasteiger charge is -2.25. The quantitative estimate of drug-likeness (QED) is 0.870. The largest absolute Gasteiger partial charge is 0.437 e. The van der Waals surface area contributed by atoms with Crippen LogP contribution >= 0.6 is 0 Å². The van der Waals surface area contributed by atoms with Gasteiger partial charge in [0.15, 0.2) is 0 Å². The monoisotopic (exact) mass is 315 g/mol. The highest BCUT2D eigenvalue weighted by atomic mass is 16.4. The van der Waals surface area contributed by atoms with Crippen LogP contribution in [0.1, 0.15) is 41.5 Å². The molecule has 1 saturated heterocycles. The van der Waals surface area contributed by atoms with Crippen molar-refractivity contribution >= 4 is 5.91 Å². The van der Waals surface area contributed by atoms with Gasteiger partial charge < -0.3 is 9.32 Å². The Hall–Kier alpha value is -2.37. The molecule has 23 heavy (non-hydrogen) atoms. The van der Waals surface area contributed by atoms with E-state index in [9.17, 15) is 9.59 Å². The molecule has 1 fully saturated rings. The van der Waals surface area contributed by atoms with Gasteiger partial charge in [-0.3, -0.25) is 4.79 Å². The summed E-state index contributed by atoms with van der Waals surface area (Å²) in [6.07, 6.45) is 1.91. The van der Waals surface area contributed by atoms with Crippen LogP contribution in [0.4, 0.5) is 0 Å². The van der Waals surface area contributed by atoms with Crippen molar-refractivity contribution in [2.24, 2.45) is 0 Å². The van der Waals surface area contributed by atoms with E-state index in [-0.39, 0.29) is 24.4 Å². The summed E-state index contributed by atoms with van der Waals surface area (Å²) in [7, 11) is 0. The number of aryl methyl sites for hydroxylation is 3. The van der Waals surface area contributed by atoms with Gasteiger partial charge in [-0.1, -0.05) is 18.2 Å². The SMILES string of the molecule is Cc1nn(CC(=O)N2CCCC2c2ccc(C)c(C)c2)c(=O)o1. The van der Waals surface area contributed by atoms with E-state index in [1.54, 1.807) is 6.92 Å². The molecule has 1 amide bonds. The average molecular weight is 315 g/mol. The molecule has 1 aromatic carbocycles. The Morgan fingerprint density at radius 3 is 2.74 bits per heavy atom. The molecular weight excluding hydrogens is 294 g/mol. The molecule has 0 aliphatic carbocycles. The van der Waals surface area contributed by atoms with Crippen LogP contribution in [0.3, 0.4) is 0 Å². The van der Waals surface area contributed by atoms with E-state index < -0.39 is 5.76 Å². The van der Waals surface area contributed by atoms with Crippen LogP contribution in [0.15, 0.2) is 27.4 Å². The first-order chi connectivity index (χ1) is 11.0. The highest BCUT2D eigenvalue weighted by molar-refractivity contribution is 5.76. The van der Waals surface area contributed by atoms with Crippen molar-refractivity contribution < 1.29 is 9.21 Å². The summed E-state index contributed by atoms with van der Waals surface area (Å²) >= 11 is 0. The molecule has 1 aromatic heterocycles. The normalized spacial score (nSPS) is 17.7. The van der Waals surface area contributed by atoms with E-state index in [1.807, 2.05) is 4.90 Å². The van der Waals surface area contributed by atoms with E-state index >= 15 is 0 Å². The molecule has 1 unspecified atom stereocenters. The van der Waals surface area contributed by atoms with Crippen molar-refractivity contribution in [3.05, 3.63) is 51.3 Å². The second-order valence-corrected chi connectivity index (χ2v) is 6.13. The maximum absolute atomic E-state index is 12.6. The third-order valence-electron chi connectivity index (χ3n) is 4.48. The molecule has 1 aliphatic rings. The predicted octanol–water partition coefficient (Wildman–Crippen LogP) is 2.13. The van der Waals surface area contributed by atoms with Gasteiger partial charge in [0.05, 0.1) is 6.04 Å². The molecule has 1 aliphatic heterocycles. The van der Waals surface area contributed by atoms with Gasteiger partial charge in [-0.2, -0.15) is 4.68 Å². The van der Waals surface area contributed by atoms with Crippen LogP contribution in [-0.4, -0.2) is 27.1 Å². The Bertz CT molecular complexity index is 791. The fraction of sp³-hybridized carbons (Fsp3) is 0.471. The number of carbonyl (C=O) groups excluding carboxylic acids is 1. The van der Waals surface area contributed by atoms with Crippen molar-refractivity contribution in [2.75, 3.05) is 6.54 Å². The van der Waals surface area contributed by atoms with E-state index in [4.69, 9.17) is 4.42 Å². The highest BCUT2D eigenvalue weighted by Gasteiger charge is 2.30. The predicted molar refractivity (Wildman–Crippen MR) is 85.1 cm³/mol. The highest BCUT2D eigenvalue weighted by Crippen LogP contribution is 2.32. The number of nitrogens with zero attached hydrogens (tertiary/aromatic N) is 3. The fourth-order valence-corrected chi connectivity index (χ4v) is 3.11. The zero-order valence-corrected chi connectivity index (χ0v) is 13.7. The molecule has 6 nitrogen and oxygen atoms in total. The summed E-state index contributed by atoms with van der Waals surface area (Å²) in [5, 5.41) is 3.94. The van der Waals surface area contributed by atoms with Gasteiger partial charge in [-0.05, 0) is 43.4 Å². The molecule has 6 heteroatoms. The minimum absolute atomic E-state index is 0.0719. The third kappa shape index (κ3) is 3.06. The molecule has 1 atom stereocenters. The molecule has 0 bridgehead atoms. The first-order valence-electron chi connectivity index (χ1n) is 7.87. The zero-order chi connectivity index (χ0) is 16.6. The van der Waals surface area contributed by atoms with Gasteiger partial charge in [0.1, 0.15) is 6.54 Å². The van der Waals surface area contributed by atoms with Gasteiger partial charge in [0.2, 0.25) is 11.8 Å². The Morgan fingerprint density at radius 1 is 1.30 bits per heavy atom. The lowest BCUT2D eigenvalue weighted by molar-refractivity contribution is -0.133. The number of hydrogen-bond acceptors (Lipinski definition) is 4. The topological polar surface area (TPSA) is 68.3 Å². The molecule has 0 radical (unpaired) electrons. The number of aromatic nitrogens is 2. The number of hydrogen-bond donors (Lipinski definition) is 0. The van der Waals surface area contributed by atoms with Crippen molar-refractivity contribution in [3.8, 4) is 0 Å². The first-order valence-corrected chi connectivity index (χ1v) is 7.87. The van der Waals surface area contributed by atoms with Crippen LogP contribution in [0, 0.1) is 20.8 Å². The van der Waals surface area contributed by atoms with Crippen molar-refractivity contribution in [1.29, 1.82) is 0 Å². The van der Waals surface area contributed by atoms with Gasteiger partial charge in [0.25, 0.3) is 0 Å². The third-order valence-corrected chi connectivity index (χ3v) is 4.48. The number of likely N-dealkylation sites (tertiary alicyclic amines) is 1. The second kappa shape index (κ2) is 6.02. The molecule has 3 rings (SSSR count). The first kappa shape index (κ1) is 15.5. The number of rotatable bonds is 3. The van der Waals surface area contributed by atoms with Crippen molar-refractivity contribution in [3.63, 3.8) is 0 Å². The number of benzene rings is 1. The zero-order valence-electron chi connectivity index (χ0n) is 13.7. The minimum Gasteiger partial charge on any atom is -0.393 e. The Morgan fingerprint density at radius 2 is 2.09 bits per heavy atom. The Balaban J connectivity index is 1.80. The second-order valence-electron chi connectivity index (χ2n) is 6.13. The van der Waals surface area contributed by atoms with Gasteiger partial charge >= 0.3 is 5.76 Å². The van der Waals surface area contributed by atoms with Gasteiger partial charge in [0, 0.05) is 13.5 Å². The van der Waals surface area contributed by atoms with Gasteiger partial charge in [-0.15, -0.1) is 5.10 Å².